The second-order valence-electron chi connectivity index (χ2n) is 9.04. The summed E-state index contributed by atoms with van der Waals surface area (Å²) in [5.41, 5.74) is 2.33. The van der Waals surface area contributed by atoms with Crippen LogP contribution in [0.2, 0.25) is 0 Å². The van der Waals surface area contributed by atoms with Gasteiger partial charge in [0.25, 0.3) is 17.7 Å². The molecular formula is C25H26N2O3. The summed E-state index contributed by atoms with van der Waals surface area (Å²) in [5.74, 6) is 1.64. The van der Waals surface area contributed by atoms with Gasteiger partial charge in [0.1, 0.15) is 0 Å². The van der Waals surface area contributed by atoms with E-state index >= 15 is 0 Å². The molecule has 154 valence electrons. The zero-order valence-corrected chi connectivity index (χ0v) is 17.1. The molecular weight excluding hydrogens is 376 g/mol. The fourth-order valence-electron chi connectivity index (χ4n) is 5.63. The number of nitrogens with one attached hydrogen (secondary N) is 1. The number of benzene rings is 2. The van der Waals surface area contributed by atoms with Crippen molar-refractivity contribution in [1.29, 1.82) is 0 Å². The number of nitrogens with zero attached hydrogens (tertiary/aromatic N) is 1. The van der Waals surface area contributed by atoms with E-state index in [9.17, 15) is 14.4 Å². The molecule has 0 aromatic heterocycles. The van der Waals surface area contributed by atoms with E-state index in [-0.39, 0.29) is 30.3 Å². The molecule has 2 aliphatic carbocycles. The summed E-state index contributed by atoms with van der Waals surface area (Å²) >= 11 is 0. The number of rotatable bonds is 5. The minimum atomic E-state index is -0.267. The van der Waals surface area contributed by atoms with Crippen LogP contribution < -0.4 is 5.32 Å². The van der Waals surface area contributed by atoms with Gasteiger partial charge in [-0.3, -0.25) is 19.3 Å². The van der Waals surface area contributed by atoms with Gasteiger partial charge in [-0.25, -0.2) is 0 Å². The summed E-state index contributed by atoms with van der Waals surface area (Å²) in [6.07, 6.45) is 5.24. The smallest absolute Gasteiger partial charge is 0.261 e. The van der Waals surface area contributed by atoms with Crippen molar-refractivity contribution in [3.63, 3.8) is 0 Å². The Morgan fingerprint density at radius 2 is 1.67 bits per heavy atom. The van der Waals surface area contributed by atoms with Crippen molar-refractivity contribution in [1.82, 2.24) is 10.2 Å². The molecule has 1 aliphatic heterocycles. The molecule has 1 heterocycles. The molecule has 2 aromatic rings. The monoisotopic (exact) mass is 402 g/mol. The molecule has 2 bridgehead atoms. The fourth-order valence-corrected chi connectivity index (χ4v) is 5.63. The Labute approximate surface area is 176 Å². The fraction of sp³-hybridized carbons (Fsp3) is 0.400. The van der Waals surface area contributed by atoms with Crippen LogP contribution in [0, 0.1) is 17.8 Å². The predicted molar refractivity (Wildman–Crippen MR) is 113 cm³/mol. The van der Waals surface area contributed by atoms with E-state index in [1.54, 1.807) is 36.4 Å². The quantitative estimate of drug-likeness (QED) is 0.768. The van der Waals surface area contributed by atoms with Gasteiger partial charge in [-0.15, -0.1) is 0 Å². The van der Waals surface area contributed by atoms with Crippen LogP contribution >= 0.6 is 0 Å². The third kappa shape index (κ3) is 3.22. The number of carbonyl (C=O) groups excluding carboxylic acids is 3. The highest BCUT2D eigenvalue weighted by Crippen LogP contribution is 2.49. The van der Waals surface area contributed by atoms with Crippen molar-refractivity contribution in [2.75, 3.05) is 0 Å². The second-order valence-corrected chi connectivity index (χ2v) is 9.04. The minimum Gasteiger partial charge on any atom is -0.349 e. The van der Waals surface area contributed by atoms with Gasteiger partial charge >= 0.3 is 0 Å². The Morgan fingerprint density at radius 1 is 1.00 bits per heavy atom. The summed E-state index contributed by atoms with van der Waals surface area (Å²) in [6, 6.07) is 14.3. The summed E-state index contributed by atoms with van der Waals surface area (Å²) in [4.78, 5) is 39.0. The maximum Gasteiger partial charge on any atom is 0.261 e. The number of fused-ring (bicyclic) bond motifs is 3. The number of hydrogen-bond acceptors (Lipinski definition) is 3. The highest BCUT2D eigenvalue weighted by Gasteiger charge is 2.42. The lowest BCUT2D eigenvalue weighted by atomic mass is 9.84. The van der Waals surface area contributed by atoms with Crippen LogP contribution in [-0.2, 0) is 6.54 Å². The molecule has 3 aliphatic rings. The Bertz CT molecular complexity index is 978. The maximum atomic E-state index is 12.7. The second kappa shape index (κ2) is 7.38. The van der Waals surface area contributed by atoms with Crippen molar-refractivity contribution in [2.24, 2.45) is 17.8 Å². The van der Waals surface area contributed by atoms with Crippen molar-refractivity contribution >= 4 is 17.7 Å². The maximum absolute atomic E-state index is 12.7. The average molecular weight is 402 g/mol. The molecule has 5 heteroatoms. The van der Waals surface area contributed by atoms with E-state index in [4.69, 9.17) is 0 Å². The van der Waals surface area contributed by atoms with Crippen molar-refractivity contribution in [2.45, 2.75) is 45.2 Å². The molecule has 4 unspecified atom stereocenters. The molecule has 2 saturated carbocycles. The zero-order valence-electron chi connectivity index (χ0n) is 17.1. The third-order valence-electron chi connectivity index (χ3n) is 7.23. The van der Waals surface area contributed by atoms with E-state index in [0.29, 0.717) is 22.6 Å². The molecule has 0 radical (unpaired) electrons. The largest absolute Gasteiger partial charge is 0.349 e. The molecule has 0 spiro atoms. The first-order valence-electron chi connectivity index (χ1n) is 10.9. The third-order valence-corrected chi connectivity index (χ3v) is 7.23. The Hall–Kier alpha value is -2.95. The van der Waals surface area contributed by atoms with Gasteiger partial charge < -0.3 is 5.32 Å². The average Bonchev–Trinajstić information content (AvgIpc) is 3.46. The van der Waals surface area contributed by atoms with E-state index < -0.39 is 0 Å². The Balaban J connectivity index is 1.22. The minimum absolute atomic E-state index is 0.0578. The Kier molecular flexibility index (Phi) is 4.69. The van der Waals surface area contributed by atoms with Crippen LogP contribution in [0.3, 0.4) is 0 Å². The van der Waals surface area contributed by atoms with Gasteiger partial charge in [-0.2, -0.15) is 0 Å². The highest BCUT2D eigenvalue weighted by molar-refractivity contribution is 6.21. The van der Waals surface area contributed by atoms with Crippen LogP contribution in [-0.4, -0.2) is 28.7 Å². The first-order valence-corrected chi connectivity index (χ1v) is 10.9. The number of imide groups is 1. The zero-order chi connectivity index (χ0) is 20.8. The molecule has 5 nitrogen and oxygen atoms in total. The van der Waals surface area contributed by atoms with Gasteiger partial charge in [0.2, 0.25) is 0 Å². The highest BCUT2D eigenvalue weighted by atomic mass is 16.2. The lowest BCUT2D eigenvalue weighted by molar-refractivity contribution is 0.0641. The van der Waals surface area contributed by atoms with Gasteiger partial charge in [-0.05, 0) is 73.8 Å². The first kappa shape index (κ1) is 19.0. The number of amides is 3. The lowest BCUT2D eigenvalue weighted by Crippen LogP contribution is -2.40. The molecule has 4 atom stereocenters. The van der Waals surface area contributed by atoms with Crippen LogP contribution in [0.4, 0.5) is 0 Å². The van der Waals surface area contributed by atoms with Crippen molar-refractivity contribution < 1.29 is 14.4 Å². The van der Waals surface area contributed by atoms with Gasteiger partial charge in [0.05, 0.1) is 17.7 Å². The van der Waals surface area contributed by atoms with Crippen LogP contribution in [0.15, 0.2) is 48.5 Å². The molecule has 2 aromatic carbocycles. The molecule has 30 heavy (non-hydrogen) atoms. The van der Waals surface area contributed by atoms with Crippen LogP contribution in [0.5, 0.6) is 0 Å². The van der Waals surface area contributed by atoms with Crippen molar-refractivity contribution in [3.8, 4) is 0 Å². The topological polar surface area (TPSA) is 66.5 Å². The van der Waals surface area contributed by atoms with Gasteiger partial charge in [0, 0.05) is 11.6 Å². The van der Waals surface area contributed by atoms with E-state index in [1.165, 1.54) is 30.6 Å². The Morgan fingerprint density at radius 3 is 2.23 bits per heavy atom. The molecule has 1 N–H and O–H groups in total. The SMILES string of the molecule is CC(NC(=O)c1ccc(CN2C(=O)c3ccccc3C2=O)cc1)C1CC2CCC1C2. The molecule has 3 amide bonds. The number of hydrogen-bond donors (Lipinski definition) is 1. The summed E-state index contributed by atoms with van der Waals surface area (Å²) in [6.45, 7) is 2.33. The first-order chi connectivity index (χ1) is 14.5. The molecule has 0 saturated heterocycles. The number of carbonyl (C=O) groups is 3. The van der Waals surface area contributed by atoms with Gasteiger partial charge in [0.15, 0.2) is 0 Å². The normalized spacial score (nSPS) is 25.5. The molecule has 2 fully saturated rings. The standard InChI is InChI=1S/C25H26N2O3/c1-15(22-13-17-8-11-19(22)12-17)26-23(28)18-9-6-16(7-10-18)14-27-24(29)20-4-2-3-5-21(20)25(27)30/h2-7,9-10,15,17,19,22H,8,11-14H2,1H3,(H,26,28). The van der Waals surface area contributed by atoms with E-state index in [2.05, 4.69) is 12.2 Å². The summed E-state index contributed by atoms with van der Waals surface area (Å²) < 4.78 is 0. The van der Waals surface area contributed by atoms with Gasteiger partial charge in [-0.1, -0.05) is 30.7 Å². The van der Waals surface area contributed by atoms with Crippen LogP contribution in [0.1, 0.15) is 69.2 Å². The lowest BCUT2D eigenvalue weighted by Gasteiger charge is -2.28. The van der Waals surface area contributed by atoms with E-state index in [1.807, 2.05) is 12.1 Å². The van der Waals surface area contributed by atoms with Crippen LogP contribution in [0.25, 0.3) is 0 Å². The van der Waals surface area contributed by atoms with Crippen molar-refractivity contribution in [3.05, 3.63) is 70.8 Å². The predicted octanol–water partition coefficient (Wildman–Crippen LogP) is 4.04. The summed E-state index contributed by atoms with van der Waals surface area (Å²) in [7, 11) is 0. The van der Waals surface area contributed by atoms with E-state index in [0.717, 1.165) is 17.4 Å². The summed E-state index contributed by atoms with van der Waals surface area (Å²) in [5, 5.41) is 3.18. The molecule has 5 rings (SSSR count).